The quantitative estimate of drug-likeness (QED) is 0.672. The van der Waals surface area contributed by atoms with Gasteiger partial charge in [0.25, 0.3) is 5.69 Å². The summed E-state index contributed by atoms with van der Waals surface area (Å²) in [5.41, 5.74) is 0.954. The van der Waals surface area contributed by atoms with Gasteiger partial charge in [-0.2, -0.15) is 5.26 Å². The van der Waals surface area contributed by atoms with Gasteiger partial charge in [-0.15, -0.1) is 0 Å². The summed E-state index contributed by atoms with van der Waals surface area (Å²) in [5, 5.41) is 23.0. The van der Waals surface area contributed by atoms with Crippen molar-refractivity contribution >= 4 is 11.4 Å². The van der Waals surface area contributed by atoms with Crippen LogP contribution in [0.4, 0.5) is 11.4 Å². The molecule has 2 rings (SSSR count). The first-order valence-corrected chi connectivity index (χ1v) is 6.71. The minimum atomic E-state index is -0.485. The van der Waals surface area contributed by atoms with E-state index >= 15 is 0 Å². The average molecular weight is 274 g/mol. The first-order valence-electron chi connectivity index (χ1n) is 6.71. The molecule has 20 heavy (non-hydrogen) atoms. The van der Waals surface area contributed by atoms with Crippen molar-refractivity contribution in [1.29, 1.82) is 5.26 Å². The fourth-order valence-corrected chi connectivity index (χ4v) is 2.41. The Morgan fingerprint density at radius 2 is 2.20 bits per heavy atom. The number of piperidine rings is 1. The highest BCUT2D eigenvalue weighted by Gasteiger charge is 2.17. The molecule has 1 aliphatic heterocycles. The van der Waals surface area contributed by atoms with Gasteiger partial charge in [0.2, 0.25) is 0 Å². The van der Waals surface area contributed by atoms with Gasteiger partial charge in [-0.1, -0.05) is 0 Å². The number of likely N-dealkylation sites (tertiary alicyclic amines) is 1. The zero-order valence-corrected chi connectivity index (χ0v) is 11.5. The topological polar surface area (TPSA) is 82.2 Å². The molecule has 0 atom stereocenters. The zero-order valence-electron chi connectivity index (χ0n) is 11.5. The van der Waals surface area contributed by atoms with Crippen LogP contribution in [0, 0.1) is 27.4 Å². The van der Waals surface area contributed by atoms with E-state index in [0.29, 0.717) is 17.2 Å². The van der Waals surface area contributed by atoms with E-state index in [9.17, 15) is 10.1 Å². The van der Waals surface area contributed by atoms with Crippen LogP contribution in [-0.4, -0.2) is 36.5 Å². The Morgan fingerprint density at radius 3 is 2.80 bits per heavy atom. The summed E-state index contributed by atoms with van der Waals surface area (Å²) in [6.45, 7) is 3.00. The molecular formula is C14H18N4O2. The zero-order chi connectivity index (χ0) is 14.5. The second-order valence-corrected chi connectivity index (χ2v) is 5.23. The van der Waals surface area contributed by atoms with E-state index in [4.69, 9.17) is 5.26 Å². The van der Waals surface area contributed by atoms with Gasteiger partial charge in [0, 0.05) is 18.7 Å². The number of benzene rings is 1. The van der Waals surface area contributed by atoms with Crippen molar-refractivity contribution in [3.05, 3.63) is 33.9 Å². The molecule has 1 aliphatic rings. The van der Waals surface area contributed by atoms with Crippen LogP contribution in [0.5, 0.6) is 0 Å². The van der Waals surface area contributed by atoms with Gasteiger partial charge >= 0.3 is 0 Å². The van der Waals surface area contributed by atoms with E-state index in [-0.39, 0.29) is 5.69 Å². The lowest BCUT2D eigenvalue weighted by atomic mass is 9.97. The normalized spacial score (nSPS) is 16.6. The van der Waals surface area contributed by atoms with Crippen molar-refractivity contribution in [2.75, 3.05) is 32.0 Å². The molecule has 1 N–H and O–H groups in total. The first-order chi connectivity index (χ1) is 9.60. The van der Waals surface area contributed by atoms with Crippen LogP contribution in [-0.2, 0) is 0 Å². The molecule has 0 aliphatic carbocycles. The first kappa shape index (κ1) is 14.3. The maximum atomic E-state index is 10.7. The summed E-state index contributed by atoms with van der Waals surface area (Å²) in [4.78, 5) is 12.5. The predicted octanol–water partition coefficient (Wildman–Crippen LogP) is 2.22. The third-order valence-electron chi connectivity index (χ3n) is 3.75. The van der Waals surface area contributed by atoms with Crippen molar-refractivity contribution in [2.24, 2.45) is 5.92 Å². The molecule has 1 fully saturated rings. The van der Waals surface area contributed by atoms with Crippen LogP contribution >= 0.6 is 0 Å². The van der Waals surface area contributed by atoms with Crippen LogP contribution < -0.4 is 5.32 Å². The molecule has 0 aromatic heterocycles. The van der Waals surface area contributed by atoms with Gasteiger partial charge in [0.1, 0.15) is 6.07 Å². The summed E-state index contributed by atoms with van der Waals surface area (Å²) >= 11 is 0. The highest BCUT2D eigenvalue weighted by Crippen LogP contribution is 2.23. The van der Waals surface area contributed by atoms with Gasteiger partial charge in [0.05, 0.1) is 16.2 Å². The average Bonchev–Trinajstić information content (AvgIpc) is 2.46. The van der Waals surface area contributed by atoms with Gasteiger partial charge < -0.3 is 10.2 Å². The van der Waals surface area contributed by atoms with Crippen molar-refractivity contribution < 1.29 is 4.92 Å². The summed E-state index contributed by atoms with van der Waals surface area (Å²) in [6, 6.07) is 6.37. The molecule has 6 nitrogen and oxygen atoms in total. The highest BCUT2D eigenvalue weighted by molar-refractivity contribution is 5.61. The number of rotatable bonds is 4. The number of hydrogen-bond acceptors (Lipinski definition) is 5. The van der Waals surface area contributed by atoms with Crippen molar-refractivity contribution in [2.45, 2.75) is 12.8 Å². The third kappa shape index (κ3) is 3.45. The number of non-ortho nitro benzene ring substituents is 1. The second-order valence-electron chi connectivity index (χ2n) is 5.23. The SMILES string of the molecule is CN1CCC(CNc2ccc([N+](=O)[O-])cc2C#N)CC1. The minimum absolute atomic E-state index is 0.0496. The number of nitriles is 1. The summed E-state index contributed by atoms with van der Waals surface area (Å²) in [5.74, 6) is 0.591. The Hall–Kier alpha value is -2.13. The maximum absolute atomic E-state index is 10.7. The molecule has 0 bridgehead atoms. The second kappa shape index (κ2) is 6.35. The molecule has 1 aromatic carbocycles. The summed E-state index contributed by atoms with van der Waals surface area (Å²) in [6.07, 6.45) is 2.27. The van der Waals surface area contributed by atoms with Gasteiger partial charge in [-0.3, -0.25) is 10.1 Å². The monoisotopic (exact) mass is 274 g/mol. The van der Waals surface area contributed by atoms with Crippen LogP contribution in [0.2, 0.25) is 0 Å². The molecule has 0 amide bonds. The van der Waals surface area contributed by atoms with E-state index in [0.717, 1.165) is 32.5 Å². The number of nitrogens with zero attached hydrogens (tertiary/aromatic N) is 3. The predicted molar refractivity (Wildman–Crippen MR) is 76.5 cm³/mol. The van der Waals surface area contributed by atoms with Gasteiger partial charge in [-0.05, 0) is 45.0 Å². The van der Waals surface area contributed by atoms with Crippen LogP contribution in [0.1, 0.15) is 18.4 Å². The van der Waals surface area contributed by atoms with E-state index in [1.165, 1.54) is 12.1 Å². The Bertz CT molecular complexity index is 530. The van der Waals surface area contributed by atoms with Crippen LogP contribution in [0.3, 0.4) is 0 Å². The number of nitrogens with one attached hydrogen (secondary N) is 1. The lowest BCUT2D eigenvalue weighted by Gasteiger charge is -2.29. The number of hydrogen-bond donors (Lipinski definition) is 1. The maximum Gasteiger partial charge on any atom is 0.270 e. The largest absolute Gasteiger partial charge is 0.384 e. The van der Waals surface area contributed by atoms with E-state index < -0.39 is 4.92 Å². The lowest BCUT2D eigenvalue weighted by Crippen LogP contribution is -2.33. The van der Waals surface area contributed by atoms with Crippen molar-refractivity contribution in [3.63, 3.8) is 0 Å². The summed E-state index contributed by atoms with van der Waals surface area (Å²) in [7, 11) is 2.12. The standard InChI is InChI=1S/C14H18N4O2/c1-17-6-4-11(5-7-17)10-16-14-3-2-13(18(19)20)8-12(14)9-15/h2-3,8,11,16H,4-7,10H2,1H3. The molecule has 1 heterocycles. The van der Waals surface area contributed by atoms with Crippen LogP contribution in [0.15, 0.2) is 18.2 Å². The smallest absolute Gasteiger partial charge is 0.270 e. The van der Waals surface area contributed by atoms with Gasteiger partial charge in [0.15, 0.2) is 0 Å². The Labute approximate surface area is 118 Å². The summed E-state index contributed by atoms with van der Waals surface area (Å²) < 4.78 is 0. The molecule has 1 aromatic rings. The van der Waals surface area contributed by atoms with E-state index in [2.05, 4.69) is 17.3 Å². The molecule has 6 heteroatoms. The lowest BCUT2D eigenvalue weighted by molar-refractivity contribution is -0.384. The number of nitro groups is 1. The Kier molecular flexibility index (Phi) is 4.53. The van der Waals surface area contributed by atoms with E-state index in [1.54, 1.807) is 6.07 Å². The van der Waals surface area contributed by atoms with Crippen molar-refractivity contribution in [1.82, 2.24) is 4.90 Å². The fourth-order valence-electron chi connectivity index (χ4n) is 2.41. The molecule has 1 saturated heterocycles. The van der Waals surface area contributed by atoms with Crippen LogP contribution in [0.25, 0.3) is 0 Å². The number of anilines is 1. The molecule has 0 saturated carbocycles. The molecular weight excluding hydrogens is 256 g/mol. The highest BCUT2D eigenvalue weighted by atomic mass is 16.6. The minimum Gasteiger partial charge on any atom is -0.384 e. The van der Waals surface area contributed by atoms with Crippen molar-refractivity contribution in [3.8, 4) is 6.07 Å². The van der Waals surface area contributed by atoms with Gasteiger partial charge in [-0.25, -0.2) is 0 Å². The molecule has 0 unspecified atom stereocenters. The third-order valence-corrected chi connectivity index (χ3v) is 3.75. The molecule has 106 valence electrons. The Morgan fingerprint density at radius 1 is 1.50 bits per heavy atom. The molecule has 0 spiro atoms. The van der Waals surface area contributed by atoms with E-state index in [1.807, 2.05) is 6.07 Å². The fraction of sp³-hybridized carbons (Fsp3) is 0.500. The number of nitro benzene ring substituents is 1. The Balaban J connectivity index is 1.99. The molecule has 0 radical (unpaired) electrons.